The highest BCUT2D eigenvalue weighted by atomic mass is 16.5. The van der Waals surface area contributed by atoms with Crippen molar-refractivity contribution in [3.05, 3.63) is 35.4 Å². The summed E-state index contributed by atoms with van der Waals surface area (Å²) in [6.07, 6.45) is 0. The molecule has 12 heavy (non-hydrogen) atoms. The van der Waals surface area contributed by atoms with Crippen LogP contribution in [0.5, 0.6) is 0 Å². The molecule has 0 amide bonds. The predicted molar refractivity (Wildman–Crippen MR) is 44.7 cm³/mol. The molecule has 1 aromatic carbocycles. The maximum Gasteiger partial charge on any atom is 0.0991 e. The molecule has 1 aromatic rings. The van der Waals surface area contributed by atoms with Crippen LogP contribution in [0.2, 0.25) is 0 Å². The monoisotopic (exact) mass is 159 g/mol. The highest BCUT2D eigenvalue weighted by Gasteiger charge is 2.20. The van der Waals surface area contributed by atoms with E-state index in [1.165, 1.54) is 5.56 Å². The lowest BCUT2D eigenvalue weighted by Gasteiger charge is -2.26. The van der Waals surface area contributed by atoms with Crippen molar-refractivity contribution >= 4 is 0 Å². The van der Waals surface area contributed by atoms with Crippen molar-refractivity contribution in [3.63, 3.8) is 0 Å². The number of hydrogen-bond donors (Lipinski definition) is 0. The summed E-state index contributed by atoms with van der Waals surface area (Å²) < 4.78 is 5.08. The second-order valence-corrected chi connectivity index (χ2v) is 2.97. The molecule has 1 aliphatic heterocycles. The zero-order valence-electron chi connectivity index (χ0n) is 6.66. The third kappa shape index (κ3) is 1.19. The van der Waals surface area contributed by atoms with Gasteiger partial charge in [-0.1, -0.05) is 12.1 Å². The molecule has 0 spiro atoms. The molecule has 0 N–H and O–H groups in total. The minimum Gasteiger partial charge on any atom is -0.380 e. The van der Waals surface area contributed by atoms with E-state index in [0.29, 0.717) is 5.92 Å². The normalized spacial score (nSPS) is 16.6. The Morgan fingerprint density at radius 2 is 2.25 bits per heavy atom. The topological polar surface area (TPSA) is 33.0 Å². The first-order chi connectivity index (χ1) is 5.90. The fourth-order valence-electron chi connectivity index (χ4n) is 1.29. The second kappa shape index (κ2) is 2.96. The summed E-state index contributed by atoms with van der Waals surface area (Å²) in [6, 6.07) is 9.86. The van der Waals surface area contributed by atoms with Gasteiger partial charge < -0.3 is 4.74 Å². The van der Waals surface area contributed by atoms with Crippen LogP contribution in [0.1, 0.15) is 17.0 Å². The fourth-order valence-corrected chi connectivity index (χ4v) is 1.29. The van der Waals surface area contributed by atoms with Crippen molar-refractivity contribution < 1.29 is 4.74 Å². The van der Waals surface area contributed by atoms with Crippen molar-refractivity contribution in [1.29, 1.82) is 5.26 Å². The van der Waals surface area contributed by atoms with Gasteiger partial charge in [0, 0.05) is 5.92 Å². The highest BCUT2D eigenvalue weighted by molar-refractivity contribution is 5.34. The molecule has 60 valence electrons. The van der Waals surface area contributed by atoms with E-state index in [4.69, 9.17) is 10.00 Å². The summed E-state index contributed by atoms with van der Waals surface area (Å²) >= 11 is 0. The van der Waals surface area contributed by atoms with Crippen LogP contribution in [0.25, 0.3) is 0 Å². The van der Waals surface area contributed by atoms with Gasteiger partial charge in [0.15, 0.2) is 0 Å². The maximum atomic E-state index is 8.65. The molecule has 0 aliphatic carbocycles. The predicted octanol–water partition coefficient (Wildman–Crippen LogP) is 1.67. The number of nitrogens with zero attached hydrogens (tertiary/aromatic N) is 1. The number of ether oxygens (including phenoxy) is 1. The van der Waals surface area contributed by atoms with E-state index in [-0.39, 0.29) is 0 Å². The van der Waals surface area contributed by atoms with Crippen LogP contribution >= 0.6 is 0 Å². The maximum absolute atomic E-state index is 8.65. The molecule has 1 saturated heterocycles. The van der Waals surface area contributed by atoms with Crippen LogP contribution < -0.4 is 0 Å². The molecule has 0 saturated carbocycles. The van der Waals surface area contributed by atoms with Crippen LogP contribution in [-0.2, 0) is 4.74 Å². The smallest absolute Gasteiger partial charge is 0.0991 e. The molecule has 2 rings (SSSR count). The Balaban J connectivity index is 2.27. The summed E-state index contributed by atoms with van der Waals surface area (Å²) in [7, 11) is 0. The van der Waals surface area contributed by atoms with Crippen molar-refractivity contribution in [3.8, 4) is 6.07 Å². The lowest BCUT2D eigenvalue weighted by Crippen LogP contribution is -2.24. The Morgan fingerprint density at radius 3 is 2.83 bits per heavy atom. The summed E-state index contributed by atoms with van der Waals surface area (Å²) in [6.45, 7) is 1.60. The molecular weight excluding hydrogens is 150 g/mol. The summed E-state index contributed by atoms with van der Waals surface area (Å²) in [5.41, 5.74) is 1.96. The van der Waals surface area contributed by atoms with Crippen molar-refractivity contribution in [2.75, 3.05) is 13.2 Å². The number of rotatable bonds is 1. The average Bonchev–Trinajstić information content (AvgIpc) is 2.02. The van der Waals surface area contributed by atoms with Crippen LogP contribution in [-0.4, -0.2) is 13.2 Å². The average molecular weight is 159 g/mol. The van der Waals surface area contributed by atoms with Crippen LogP contribution in [0, 0.1) is 11.3 Å². The first-order valence-corrected chi connectivity index (χ1v) is 3.98. The van der Waals surface area contributed by atoms with Crippen molar-refractivity contribution in [2.24, 2.45) is 0 Å². The quantitative estimate of drug-likeness (QED) is 0.624. The molecule has 0 aromatic heterocycles. The van der Waals surface area contributed by atoms with E-state index >= 15 is 0 Å². The molecule has 0 atom stereocenters. The van der Waals surface area contributed by atoms with Crippen molar-refractivity contribution in [1.82, 2.24) is 0 Å². The minimum atomic E-state index is 0.512. The highest BCUT2D eigenvalue weighted by Crippen LogP contribution is 2.24. The van der Waals surface area contributed by atoms with Gasteiger partial charge in [-0.25, -0.2) is 0 Å². The molecule has 1 aliphatic rings. The van der Waals surface area contributed by atoms with Gasteiger partial charge in [0.2, 0.25) is 0 Å². The van der Waals surface area contributed by atoms with Crippen LogP contribution in [0.4, 0.5) is 0 Å². The Bertz CT molecular complexity index is 323. The van der Waals surface area contributed by atoms with Crippen molar-refractivity contribution in [2.45, 2.75) is 5.92 Å². The summed E-state index contributed by atoms with van der Waals surface area (Å²) in [4.78, 5) is 0. The lowest BCUT2D eigenvalue weighted by atomic mass is 9.96. The van der Waals surface area contributed by atoms with Crippen LogP contribution in [0.15, 0.2) is 24.3 Å². The SMILES string of the molecule is N#Cc1cccc(C2COC2)c1. The zero-order chi connectivity index (χ0) is 8.39. The fraction of sp³-hybridized carbons (Fsp3) is 0.300. The molecule has 0 bridgehead atoms. The first-order valence-electron chi connectivity index (χ1n) is 3.98. The van der Waals surface area contributed by atoms with Gasteiger partial charge in [-0.15, -0.1) is 0 Å². The van der Waals surface area contributed by atoms with E-state index in [9.17, 15) is 0 Å². The van der Waals surface area contributed by atoms with Gasteiger partial charge in [-0.05, 0) is 17.7 Å². The number of benzene rings is 1. The zero-order valence-corrected chi connectivity index (χ0v) is 6.66. The second-order valence-electron chi connectivity index (χ2n) is 2.97. The van der Waals surface area contributed by atoms with Gasteiger partial charge >= 0.3 is 0 Å². The van der Waals surface area contributed by atoms with Gasteiger partial charge in [-0.2, -0.15) is 5.26 Å². The number of hydrogen-bond acceptors (Lipinski definition) is 2. The van der Waals surface area contributed by atoms with E-state index in [1.54, 1.807) is 0 Å². The van der Waals surface area contributed by atoms with Gasteiger partial charge in [0.1, 0.15) is 0 Å². The Hall–Kier alpha value is -1.33. The lowest BCUT2D eigenvalue weighted by molar-refractivity contribution is 0.00841. The summed E-state index contributed by atoms with van der Waals surface area (Å²) in [5, 5.41) is 8.65. The van der Waals surface area contributed by atoms with E-state index in [0.717, 1.165) is 18.8 Å². The minimum absolute atomic E-state index is 0.512. The largest absolute Gasteiger partial charge is 0.380 e. The van der Waals surface area contributed by atoms with E-state index < -0.39 is 0 Å². The number of nitriles is 1. The Labute approximate surface area is 71.4 Å². The third-order valence-corrected chi connectivity index (χ3v) is 2.13. The van der Waals surface area contributed by atoms with E-state index in [1.807, 2.05) is 24.3 Å². The molecule has 1 fully saturated rings. The van der Waals surface area contributed by atoms with E-state index in [2.05, 4.69) is 6.07 Å². The Morgan fingerprint density at radius 1 is 1.42 bits per heavy atom. The molecule has 0 unspecified atom stereocenters. The standard InChI is InChI=1S/C10H9NO/c11-5-8-2-1-3-9(4-8)10-6-12-7-10/h1-4,10H,6-7H2. The third-order valence-electron chi connectivity index (χ3n) is 2.13. The van der Waals surface area contributed by atoms with Gasteiger partial charge in [0.25, 0.3) is 0 Å². The van der Waals surface area contributed by atoms with Gasteiger partial charge in [-0.3, -0.25) is 0 Å². The first kappa shape index (κ1) is 7.33. The van der Waals surface area contributed by atoms with Crippen LogP contribution in [0.3, 0.4) is 0 Å². The molecule has 1 heterocycles. The molecule has 2 nitrogen and oxygen atoms in total. The molecule has 0 radical (unpaired) electrons. The molecular formula is C10H9NO. The van der Waals surface area contributed by atoms with Gasteiger partial charge in [0.05, 0.1) is 24.8 Å². The summed E-state index contributed by atoms with van der Waals surface area (Å²) in [5.74, 6) is 0.512. The molecule has 2 heteroatoms. The Kier molecular flexibility index (Phi) is 1.81.